The van der Waals surface area contributed by atoms with Gasteiger partial charge >= 0.3 is 0 Å². The van der Waals surface area contributed by atoms with E-state index in [0.29, 0.717) is 6.10 Å². The second kappa shape index (κ2) is 5.17. The predicted molar refractivity (Wildman–Crippen MR) is 71.9 cm³/mol. The largest absolute Gasteiger partial charge is 0.371 e. The number of nitrogens with one attached hydrogen (secondary N) is 1. The monoisotopic (exact) mass is 303 g/mol. The molecule has 1 fully saturated rings. The van der Waals surface area contributed by atoms with Gasteiger partial charge in [-0.2, -0.15) is 0 Å². The molecule has 4 heteroatoms. The third-order valence-electron chi connectivity index (χ3n) is 2.90. The second-order valence-corrected chi connectivity index (χ2v) is 6.72. The number of rotatable bonds is 4. The summed E-state index contributed by atoms with van der Waals surface area (Å²) in [4.78, 5) is 1.36. The molecule has 1 aromatic heterocycles. The highest BCUT2D eigenvalue weighted by molar-refractivity contribution is 9.10. The van der Waals surface area contributed by atoms with Crippen LogP contribution in [0.4, 0.5) is 0 Å². The SMILES string of the molecule is CC1(C)CCC(CNCc2sccc2Br)O1. The maximum Gasteiger partial charge on any atom is 0.0707 e. The molecular weight excluding hydrogens is 286 g/mol. The molecule has 1 unspecified atom stereocenters. The average molecular weight is 304 g/mol. The molecule has 90 valence electrons. The van der Waals surface area contributed by atoms with Crippen molar-refractivity contribution in [1.29, 1.82) is 0 Å². The van der Waals surface area contributed by atoms with Crippen molar-refractivity contribution in [3.63, 3.8) is 0 Å². The Kier molecular flexibility index (Phi) is 4.06. The van der Waals surface area contributed by atoms with Crippen molar-refractivity contribution in [3.05, 3.63) is 20.8 Å². The van der Waals surface area contributed by atoms with E-state index in [0.717, 1.165) is 13.1 Å². The molecule has 1 saturated heterocycles. The molecule has 1 aliphatic rings. The first-order valence-electron chi connectivity index (χ1n) is 5.67. The van der Waals surface area contributed by atoms with Crippen molar-refractivity contribution in [2.45, 2.75) is 44.9 Å². The summed E-state index contributed by atoms with van der Waals surface area (Å²) < 4.78 is 7.13. The summed E-state index contributed by atoms with van der Waals surface area (Å²) in [5.74, 6) is 0. The van der Waals surface area contributed by atoms with Crippen molar-refractivity contribution in [1.82, 2.24) is 5.32 Å². The molecular formula is C12H18BrNOS. The zero-order chi connectivity index (χ0) is 11.6. The Morgan fingerprint density at radius 3 is 3.00 bits per heavy atom. The zero-order valence-corrected chi connectivity index (χ0v) is 12.2. The molecule has 0 spiro atoms. The lowest BCUT2D eigenvalue weighted by Crippen LogP contribution is -2.28. The molecule has 1 N–H and O–H groups in total. The molecule has 0 aliphatic carbocycles. The van der Waals surface area contributed by atoms with Crippen molar-refractivity contribution in [2.24, 2.45) is 0 Å². The summed E-state index contributed by atoms with van der Waals surface area (Å²) in [6, 6.07) is 2.09. The molecule has 1 atom stereocenters. The maximum absolute atomic E-state index is 5.93. The van der Waals surface area contributed by atoms with E-state index in [2.05, 4.69) is 46.5 Å². The Labute approximate surface area is 110 Å². The summed E-state index contributed by atoms with van der Waals surface area (Å²) >= 11 is 5.32. The topological polar surface area (TPSA) is 21.3 Å². The lowest BCUT2D eigenvalue weighted by Gasteiger charge is -2.19. The summed E-state index contributed by atoms with van der Waals surface area (Å²) in [5, 5.41) is 5.57. The minimum absolute atomic E-state index is 0.0792. The Balaban J connectivity index is 1.71. The highest BCUT2D eigenvalue weighted by atomic mass is 79.9. The lowest BCUT2D eigenvalue weighted by atomic mass is 10.1. The van der Waals surface area contributed by atoms with E-state index in [1.54, 1.807) is 11.3 Å². The first-order valence-corrected chi connectivity index (χ1v) is 7.34. The van der Waals surface area contributed by atoms with Gasteiger partial charge in [-0.1, -0.05) is 0 Å². The summed E-state index contributed by atoms with van der Waals surface area (Å²) in [6.07, 6.45) is 2.72. The number of thiophene rings is 1. The van der Waals surface area contributed by atoms with Gasteiger partial charge in [0.2, 0.25) is 0 Å². The minimum Gasteiger partial charge on any atom is -0.371 e. The average Bonchev–Trinajstić information content (AvgIpc) is 2.74. The Hall–Kier alpha value is 0.1000. The molecule has 0 amide bonds. The van der Waals surface area contributed by atoms with E-state index in [9.17, 15) is 0 Å². The van der Waals surface area contributed by atoms with Crippen LogP contribution in [0.3, 0.4) is 0 Å². The van der Waals surface area contributed by atoms with Crippen LogP contribution in [0, 0.1) is 0 Å². The van der Waals surface area contributed by atoms with E-state index in [-0.39, 0.29) is 5.60 Å². The van der Waals surface area contributed by atoms with Gasteiger partial charge in [0.25, 0.3) is 0 Å². The van der Waals surface area contributed by atoms with Gasteiger partial charge in [-0.05, 0) is 54.1 Å². The quantitative estimate of drug-likeness (QED) is 0.918. The Bertz CT molecular complexity index is 351. The van der Waals surface area contributed by atoms with Gasteiger partial charge in [0.05, 0.1) is 11.7 Å². The van der Waals surface area contributed by atoms with E-state index in [4.69, 9.17) is 4.74 Å². The van der Waals surface area contributed by atoms with Crippen molar-refractivity contribution >= 4 is 27.3 Å². The molecule has 1 aliphatic heterocycles. The van der Waals surface area contributed by atoms with Gasteiger partial charge in [0, 0.05) is 22.4 Å². The highest BCUT2D eigenvalue weighted by Gasteiger charge is 2.31. The number of hydrogen-bond donors (Lipinski definition) is 1. The molecule has 2 nitrogen and oxygen atoms in total. The Morgan fingerprint density at radius 1 is 1.62 bits per heavy atom. The maximum atomic E-state index is 5.93. The second-order valence-electron chi connectivity index (χ2n) is 4.86. The molecule has 0 bridgehead atoms. The van der Waals surface area contributed by atoms with Crippen LogP contribution in [0.5, 0.6) is 0 Å². The molecule has 2 heterocycles. The van der Waals surface area contributed by atoms with Gasteiger partial charge in [-0.15, -0.1) is 11.3 Å². The van der Waals surface area contributed by atoms with Crippen LogP contribution in [0.25, 0.3) is 0 Å². The van der Waals surface area contributed by atoms with Gasteiger partial charge in [-0.3, -0.25) is 0 Å². The minimum atomic E-state index is 0.0792. The van der Waals surface area contributed by atoms with Crippen LogP contribution < -0.4 is 5.32 Å². The molecule has 16 heavy (non-hydrogen) atoms. The van der Waals surface area contributed by atoms with Crippen molar-refractivity contribution in [3.8, 4) is 0 Å². The van der Waals surface area contributed by atoms with E-state index in [1.807, 2.05) is 0 Å². The molecule has 2 rings (SSSR count). The van der Waals surface area contributed by atoms with Crippen LogP contribution in [0.15, 0.2) is 15.9 Å². The van der Waals surface area contributed by atoms with Crippen LogP contribution in [-0.2, 0) is 11.3 Å². The molecule has 0 radical (unpaired) electrons. The van der Waals surface area contributed by atoms with Gasteiger partial charge in [-0.25, -0.2) is 0 Å². The highest BCUT2D eigenvalue weighted by Crippen LogP contribution is 2.29. The van der Waals surface area contributed by atoms with Crippen LogP contribution in [0.1, 0.15) is 31.6 Å². The first kappa shape index (κ1) is 12.6. The summed E-state index contributed by atoms with van der Waals surface area (Å²) in [6.45, 7) is 6.22. The third kappa shape index (κ3) is 3.29. The van der Waals surface area contributed by atoms with Crippen molar-refractivity contribution in [2.75, 3.05) is 6.54 Å². The molecule has 1 aromatic rings. The van der Waals surface area contributed by atoms with Crippen LogP contribution in [-0.4, -0.2) is 18.2 Å². The standard InChI is InChI=1S/C12H18BrNOS/c1-12(2)5-3-9(15-12)7-14-8-11-10(13)4-6-16-11/h4,6,9,14H,3,5,7-8H2,1-2H3. The lowest BCUT2D eigenvalue weighted by molar-refractivity contribution is -0.0142. The smallest absolute Gasteiger partial charge is 0.0707 e. The molecule has 0 saturated carbocycles. The fraction of sp³-hybridized carbons (Fsp3) is 0.667. The fourth-order valence-corrected chi connectivity index (χ4v) is 3.48. The van der Waals surface area contributed by atoms with E-state index < -0.39 is 0 Å². The number of halogens is 1. The van der Waals surface area contributed by atoms with E-state index in [1.165, 1.54) is 22.2 Å². The van der Waals surface area contributed by atoms with Gasteiger partial charge in [0.1, 0.15) is 0 Å². The van der Waals surface area contributed by atoms with E-state index >= 15 is 0 Å². The number of ether oxygens (including phenoxy) is 1. The normalized spacial score (nSPS) is 23.8. The van der Waals surface area contributed by atoms with Gasteiger partial charge in [0.15, 0.2) is 0 Å². The molecule has 0 aromatic carbocycles. The van der Waals surface area contributed by atoms with Crippen molar-refractivity contribution < 1.29 is 4.74 Å². The fourth-order valence-electron chi connectivity index (χ4n) is 2.02. The Morgan fingerprint density at radius 2 is 2.44 bits per heavy atom. The van der Waals surface area contributed by atoms with Crippen LogP contribution in [0.2, 0.25) is 0 Å². The number of hydrogen-bond acceptors (Lipinski definition) is 3. The van der Waals surface area contributed by atoms with Crippen LogP contribution >= 0.6 is 27.3 Å². The zero-order valence-electron chi connectivity index (χ0n) is 9.75. The predicted octanol–water partition coefficient (Wildman–Crippen LogP) is 3.56. The first-order chi connectivity index (χ1) is 7.57. The summed E-state index contributed by atoms with van der Waals surface area (Å²) in [5.41, 5.74) is 0.0792. The van der Waals surface area contributed by atoms with Gasteiger partial charge < -0.3 is 10.1 Å². The summed E-state index contributed by atoms with van der Waals surface area (Å²) in [7, 11) is 0. The third-order valence-corrected chi connectivity index (χ3v) is 4.83.